The van der Waals surface area contributed by atoms with Crippen LogP contribution in [0.5, 0.6) is 0 Å². The first-order valence-corrected chi connectivity index (χ1v) is 7.37. The average Bonchev–Trinajstić information content (AvgIpc) is 2.86. The molecule has 0 aromatic heterocycles. The summed E-state index contributed by atoms with van der Waals surface area (Å²) in [6.07, 6.45) is 0.0210. The lowest BCUT2D eigenvalue weighted by Crippen LogP contribution is -2.37. The molecule has 0 bridgehead atoms. The Hall–Kier alpha value is -1.27. The van der Waals surface area contributed by atoms with Crippen LogP contribution in [0.3, 0.4) is 0 Å². The molecule has 2 unspecified atom stereocenters. The van der Waals surface area contributed by atoms with Crippen molar-refractivity contribution in [2.45, 2.75) is 25.5 Å². The molecule has 1 aliphatic heterocycles. The van der Waals surface area contributed by atoms with Crippen molar-refractivity contribution in [1.82, 2.24) is 5.32 Å². The van der Waals surface area contributed by atoms with Crippen LogP contribution in [0.25, 0.3) is 0 Å². The Morgan fingerprint density at radius 3 is 2.95 bits per heavy atom. The van der Waals surface area contributed by atoms with Crippen molar-refractivity contribution in [3.63, 3.8) is 0 Å². The van der Waals surface area contributed by atoms with E-state index in [0.717, 1.165) is 35.2 Å². The van der Waals surface area contributed by atoms with E-state index < -0.39 is 6.10 Å². The van der Waals surface area contributed by atoms with Crippen molar-refractivity contribution in [3.05, 3.63) is 28.2 Å². The molecular formula is C14H19BrN2O3. The number of hydrogen-bond acceptors (Lipinski definition) is 4. The number of anilines is 1. The van der Waals surface area contributed by atoms with Crippen molar-refractivity contribution in [3.8, 4) is 0 Å². The first-order valence-electron chi connectivity index (χ1n) is 6.58. The third-order valence-electron chi connectivity index (χ3n) is 3.49. The van der Waals surface area contributed by atoms with Gasteiger partial charge >= 0.3 is 6.09 Å². The van der Waals surface area contributed by atoms with Crippen molar-refractivity contribution >= 4 is 27.7 Å². The van der Waals surface area contributed by atoms with E-state index in [4.69, 9.17) is 0 Å². The Kier molecular flexibility index (Phi) is 4.88. The van der Waals surface area contributed by atoms with Crippen molar-refractivity contribution in [1.29, 1.82) is 0 Å². The van der Waals surface area contributed by atoms with Crippen LogP contribution in [0.2, 0.25) is 0 Å². The van der Waals surface area contributed by atoms with Gasteiger partial charge in [0.05, 0.1) is 24.9 Å². The number of hydrogen-bond donors (Lipinski definition) is 2. The molecule has 1 amide bonds. The van der Waals surface area contributed by atoms with E-state index in [9.17, 15) is 9.90 Å². The van der Waals surface area contributed by atoms with E-state index in [-0.39, 0.29) is 12.1 Å². The molecule has 2 N–H and O–H groups in total. The van der Waals surface area contributed by atoms with E-state index in [0.29, 0.717) is 0 Å². The van der Waals surface area contributed by atoms with Gasteiger partial charge in [0.25, 0.3) is 0 Å². The molecule has 2 atom stereocenters. The number of ether oxygens (including phenoxy) is 1. The summed E-state index contributed by atoms with van der Waals surface area (Å²) in [5.74, 6) is 0. The van der Waals surface area contributed by atoms with E-state index in [1.165, 1.54) is 7.11 Å². The molecular weight excluding hydrogens is 324 g/mol. The molecule has 0 radical (unpaired) electrons. The summed E-state index contributed by atoms with van der Waals surface area (Å²) in [4.78, 5) is 13.4. The lowest BCUT2D eigenvalue weighted by atomic mass is 10.1. The number of aliphatic hydroxyl groups is 1. The number of amides is 1. The van der Waals surface area contributed by atoms with Gasteiger partial charge in [0.2, 0.25) is 0 Å². The summed E-state index contributed by atoms with van der Waals surface area (Å²) in [5, 5.41) is 12.4. The number of carbonyl (C=O) groups is 1. The largest absolute Gasteiger partial charge is 0.453 e. The number of methoxy groups -OCH3 is 1. The number of alkyl carbamates (subject to hydrolysis) is 1. The fourth-order valence-corrected chi connectivity index (χ4v) is 3.01. The molecule has 2 rings (SSSR count). The summed E-state index contributed by atoms with van der Waals surface area (Å²) in [5.41, 5.74) is 1.95. The van der Waals surface area contributed by atoms with Crippen molar-refractivity contribution in [2.75, 3.05) is 25.1 Å². The molecule has 0 aliphatic carbocycles. The van der Waals surface area contributed by atoms with Crippen LogP contribution in [0.15, 0.2) is 22.7 Å². The number of benzene rings is 1. The molecule has 1 aliphatic rings. The highest BCUT2D eigenvalue weighted by Gasteiger charge is 2.25. The number of halogens is 1. The van der Waals surface area contributed by atoms with E-state index in [1.807, 2.05) is 18.2 Å². The van der Waals surface area contributed by atoms with Crippen LogP contribution >= 0.6 is 15.9 Å². The van der Waals surface area contributed by atoms with Gasteiger partial charge in [-0.25, -0.2) is 4.79 Å². The number of aliphatic hydroxyl groups excluding tert-OH is 1. The summed E-state index contributed by atoms with van der Waals surface area (Å²) in [7, 11) is 1.37. The summed E-state index contributed by atoms with van der Waals surface area (Å²) < 4.78 is 5.57. The van der Waals surface area contributed by atoms with Crippen molar-refractivity contribution < 1.29 is 14.6 Å². The van der Waals surface area contributed by atoms with Crippen LogP contribution in [-0.4, -0.2) is 37.4 Å². The van der Waals surface area contributed by atoms with Gasteiger partial charge in [0.15, 0.2) is 0 Å². The SMILES string of the molecule is COC(=O)NC1CCN(c2ccc(C(C)O)cc2Br)C1. The maximum absolute atomic E-state index is 11.2. The Labute approximate surface area is 127 Å². The van der Waals surface area contributed by atoms with Gasteiger partial charge < -0.3 is 20.1 Å². The Balaban J connectivity index is 2.04. The standard InChI is InChI=1S/C14H19BrN2O3/c1-9(18)10-3-4-13(12(15)7-10)17-6-5-11(8-17)16-14(19)20-2/h3-4,7,9,11,18H,5-6,8H2,1-2H3,(H,16,19). The topological polar surface area (TPSA) is 61.8 Å². The van der Waals surface area contributed by atoms with Crippen molar-refractivity contribution in [2.24, 2.45) is 0 Å². The van der Waals surface area contributed by atoms with Gasteiger partial charge in [-0.05, 0) is 47.0 Å². The van der Waals surface area contributed by atoms with E-state index in [2.05, 4.69) is 30.9 Å². The van der Waals surface area contributed by atoms with Crippen LogP contribution in [0.1, 0.15) is 25.0 Å². The number of rotatable bonds is 3. The monoisotopic (exact) mass is 342 g/mol. The van der Waals surface area contributed by atoms with Crippen LogP contribution < -0.4 is 10.2 Å². The Morgan fingerprint density at radius 2 is 2.35 bits per heavy atom. The second-order valence-electron chi connectivity index (χ2n) is 4.95. The number of nitrogens with one attached hydrogen (secondary N) is 1. The zero-order valence-electron chi connectivity index (χ0n) is 11.6. The molecule has 1 saturated heterocycles. The van der Waals surface area contributed by atoms with Gasteiger partial charge in [0, 0.05) is 17.6 Å². The third-order valence-corrected chi connectivity index (χ3v) is 4.13. The minimum atomic E-state index is -0.479. The van der Waals surface area contributed by atoms with Crippen LogP contribution in [-0.2, 0) is 4.74 Å². The highest BCUT2D eigenvalue weighted by molar-refractivity contribution is 9.10. The zero-order valence-corrected chi connectivity index (χ0v) is 13.2. The van der Waals surface area contributed by atoms with Gasteiger partial charge in [-0.1, -0.05) is 6.07 Å². The van der Waals surface area contributed by atoms with Gasteiger partial charge in [-0.2, -0.15) is 0 Å². The first-order chi connectivity index (χ1) is 9.51. The molecule has 20 heavy (non-hydrogen) atoms. The van der Waals surface area contributed by atoms with Gasteiger partial charge in [-0.3, -0.25) is 0 Å². The number of carbonyl (C=O) groups excluding carboxylic acids is 1. The lowest BCUT2D eigenvalue weighted by Gasteiger charge is -2.21. The fraction of sp³-hybridized carbons (Fsp3) is 0.500. The molecule has 6 heteroatoms. The molecule has 1 fully saturated rings. The Bertz CT molecular complexity index is 493. The zero-order chi connectivity index (χ0) is 14.7. The second-order valence-corrected chi connectivity index (χ2v) is 5.81. The lowest BCUT2D eigenvalue weighted by molar-refractivity contribution is 0.167. The Morgan fingerprint density at radius 1 is 1.60 bits per heavy atom. The van der Waals surface area contributed by atoms with Crippen LogP contribution in [0, 0.1) is 0 Å². The van der Waals surface area contributed by atoms with E-state index in [1.54, 1.807) is 6.92 Å². The molecule has 0 saturated carbocycles. The molecule has 110 valence electrons. The predicted molar refractivity (Wildman–Crippen MR) is 80.9 cm³/mol. The highest BCUT2D eigenvalue weighted by Crippen LogP contribution is 2.31. The van der Waals surface area contributed by atoms with Gasteiger partial charge in [-0.15, -0.1) is 0 Å². The number of nitrogens with zero attached hydrogens (tertiary/aromatic N) is 1. The molecule has 5 nitrogen and oxygen atoms in total. The fourth-order valence-electron chi connectivity index (χ4n) is 2.36. The smallest absolute Gasteiger partial charge is 0.407 e. The maximum Gasteiger partial charge on any atom is 0.407 e. The normalized spacial score (nSPS) is 19.8. The summed E-state index contributed by atoms with van der Waals surface area (Å²) >= 11 is 3.55. The molecule has 1 aromatic rings. The highest BCUT2D eigenvalue weighted by atomic mass is 79.9. The molecule has 1 heterocycles. The third kappa shape index (κ3) is 3.43. The average molecular weight is 343 g/mol. The minimum absolute atomic E-state index is 0.103. The maximum atomic E-state index is 11.2. The predicted octanol–water partition coefficient (Wildman–Crippen LogP) is 2.44. The first kappa shape index (κ1) is 15.1. The summed E-state index contributed by atoms with van der Waals surface area (Å²) in [6, 6.07) is 5.95. The minimum Gasteiger partial charge on any atom is -0.453 e. The quantitative estimate of drug-likeness (QED) is 0.885. The molecule has 0 spiro atoms. The summed E-state index contributed by atoms with van der Waals surface area (Å²) in [6.45, 7) is 3.37. The van der Waals surface area contributed by atoms with Crippen LogP contribution in [0.4, 0.5) is 10.5 Å². The molecule has 1 aromatic carbocycles. The van der Waals surface area contributed by atoms with Gasteiger partial charge in [0.1, 0.15) is 0 Å². The second kappa shape index (κ2) is 6.45. The van der Waals surface area contributed by atoms with E-state index >= 15 is 0 Å².